The highest BCUT2D eigenvalue weighted by Gasteiger charge is 2.10. The summed E-state index contributed by atoms with van der Waals surface area (Å²) in [6.45, 7) is 2.87. The fourth-order valence-electron chi connectivity index (χ4n) is 2.13. The molecule has 2 heterocycles. The van der Waals surface area contributed by atoms with Gasteiger partial charge in [0.05, 0.1) is 18.8 Å². The molecule has 0 saturated carbocycles. The van der Waals surface area contributed by atoms with Crippen LogP contribution < -0.4 is 0 Å². The number of nitrogens with one attached hydrogen (secondary N) is 1. The molecule has 1 fully saturated rings. The average molecular weight is 254 g/mol. The van der Waals surface area contributed by atoms with Crippen LogP contribution in [0.25, 0.3) is 10.9 Å². The number of carbonyl (C=O) groups is 1. The van der Waals surface area contributed by atoms with Gasteiger partial charge in [-0.2, -0.15) is 0 Å². The lowest BCUT2D eigenvalue weighted by Gasteiger charge is -2.22. The highest BCUT2D eigenvalue weighted by atomic mass is 16.5. The SMILES string of the molecule is O=C(C#CN1CCOCC1)c1c[nH]c2ccccc12. The van der Waals surface area contributed by atoms with E-state index in [2.05, 4.69) is 16.9 Å². The third-order valence-corrected chi connectivity index (χ3v) is 3.17. The van der Waals surface area contributed by atoms with Crippen LogP contribution in [0.3, 0.4) is 0 Å². The monoisotopic (exact) mass is 254 g/mol. The van der Waals surface area contributed by atoms with Crippen molar-refractivity contribution in [1.82, 2.24) is 9.88 Å². The number of ketones is 1. The highest BCUT2D eigenvalue weighted by molar-refractivity contribution is 6.16. The molecule has 0 atom stereocenters. The predicted octanol–water partition coefficient (Wildman–Crippen LogP) is 1.64. The molecule has 2 aromatic rings. The fraction of sp³-hybridized carbons (Fsp3) is 0.267. The first-order valence-corrected chi connectivity index (χ1v) is 6.29. The Labute approximate surface area is 111 Å². The summed E-state index contributed by atoms with van der Waals surface area (Å²) in [7, 11) is 0. The van der Waals surface area contributed by atoms with Crippen LogP contribution in [-0.4, -0.2) is 42.0 Å². The van der Waals surface area contributed by atoms with Gasteiger partial charge < -0.3 is 14.6 Å². The van der Waals surface area contributed by atoms with Crippen molar-refractivity contribution < 1.29 is 9.53 Å². The first-order chi connectivity index (χ1) is 9.34. The minimum absolute atomic E-state index is 0.149. The van der Waals surface area contributed by atoms with Gasteiger partial charge in [0.1, 0.15) is 0 Å². The number of hydrogen-bond donors (Lipinski definition) is 1. The molecular formula is C15H14N2O2. The standard InChI is InChI=1S/C15H14N2O2/c18-15(5-6-17-7-9-19-10-8-17)13-11-16-14-4-2-1-3-12(13)14/h1-4,11,16H,7-10H2. The lowest BCUT2D eigenvalue weighted by atomic mass is 10.1. The van der Waals surface area contributed by atoms with E-state index in [1.165, 1.54) is 0 Å². The number of benzene rings is 1. The number of aromatic amines is 1. The highest BCUT2D eigenvalue weighted by Crippen LogP contribution is 2.17. The molecule has 1 aliphatic rings. The molecule has 96 valence electrons. The smallest absolute Gasteiger partial charge is 0.239 e. The van der Waals surface area contributed by atoms with Crippen LogP contribution in [0.2, 0.25) is 0 Å². The first-order valence-electron chi connectivity index (χ1n) is 6.29. The molecule has 0 unspecified atom stereocenters. The molecule has 1 saturated heterocycles. The van der Waals surface area contributed by atoms with E-state index < -0.39 is 0 Å². The van der Waals surface area contributed by atoms with Gasteiger partial charge >= 0.3 is 0 Å². The van der Waals surface area contributed by atoms with E-state index in [1.807, 2.05) is 29.2 Å². The molecule has 4 heteroatoms. The topological polar surface area (TPSA) is 45.3 Å². The molecule has 0 bridgehead atoms. The summed E-state index contributed by atoms with van der Waals surface area (Å²) < 4.78 is 5.24. The summed E-state index contributed by atoms with van der Waals surface area (Å²) in [5, 5.41) is 0.920. The molecule has 4 nitrogen and oxygen atoms in total. The van der Waals surface area contributed by atoms with E-state index in [9.17, 15) is 4.79 Å². The van der Waals surface area contributed by atoms with Crippen molar-refractivity contribution in [3.05, 3.63) is 36.0 Å². The van der Waals surface area contributed by atoms with Crippen LogP contribution in [0.4, 0.5) is 0 Å². The number of morpholine rings is 1. The average Bonchev–Trinajstić information content (AvgIpc) is 2.90. The van der Waals surface area contributed by atoms with Crippen molar-refractivity contribution >= 4 is 16.7 Å². The van der Waals surface area contributed by atoms with Gasteiger partial charge in [-0.3, -0.25) is 4.79 Å². The third kappa shape index (κ3) is 2.47. The maximum atomic E-state index is 12.1. The van der Waals surface area contributed by atoms with E-state index >= 15 is 0 Å². The van der Waals surface area contributed by atoms with Gasteiger partial charge in [0.15, 0.2) is 0 Å². The molecule has 1 aromatic heterocycles. The summed E-state index contributed by atoms with van der Waals surface area (Å²) in [4.78, 5) is 17.1. The number of carbonyl (C=O) groups excluding carboxylic acids is 1. The first kappa shape index (κ1) is 11.8. The lowest BCUT2D eigenvalue weighted by molar-refractivity contribution is 0.0637. The molecule has 0 radical (unpaired) electrons. The molecular weight excluding hydrogens is 240 g/mol. The Bertz CT molecular complexity index is 657. The summed E-state index contributed by atoms with van der Waals surface area (Å²) in [5.41, 5.74) is 1.59. The molecule has 19 heavy (non-hydrogen) atoms. The quantitative estimate of drug-likeness (QED) is 0.621. The normalized spacial score (nSPS) is 15.1. The van der Waals surface area contributed by atoms with Crippen molar-refractivity contribution in [1.29, 1.82) is 0 Å². The Balaban J connectivity index is 1.82. The molecule has 1 N–H and O–H groups in total. The molecule has 3 rings (SSSR count). The largest absolute Gasteiger partial charge is 0.378 e. The number of rotatable bonds is 1. The Kier molecular flexibility index (Phi) is 3.21. The van der Waals surface area contributed by atoms with Crippen LogP contribution in [0.15, 0.2) is 30.5 Å². The molecule has 0 amide bonds. The van der Waals surface area contributed by atoms with Crippen molar-refractivity contribution in [2.24, 2.45) is 0 Å². The van der Waals surface area contributed by atoms with Crippen molar-refractivity contribution in [3.63, 3.8) is 0 Å². The number of ether oxygens (including phenoxy) is 1. The van der Waals surface area contributed by atoms with Gasteiger partial charge in [-0.25, -0.2) is 0 Å². The number of aromatic nitrogens is 1. The van der Waals surface area contributed by atoms with E-state index in [0.717, 1.165) is 24.0 Å². The van der Waals surface area contributed by atoms with Gasteiger partial charge in [-0.1, -0.05) is 18.2 Å². The zero-order chi connectivity index (χ0) is 13.1. The summed E-state index contributed by atoms with van der Waals surface area (Å²) >= 11 is 0. The number of nitrogens with zero attached hydrogens (tertiary/aromatic N) is 1. The van der Waals surface area contributed by atoms with Gasteiger partial charge in [-0.15, -0.1) is 0 Å². The Morgan fingerprint density at radius 3 is 2.89 bits per heavy atom. The maximum absolute atomic E-state index is 12.1. The van der Waals surface area contributed by atoms with Crippen LogP contribution >= 0.6 is 0 Å². The number of fused-ring (bicyclic) bond motifs is 1. The van der Waals surface area contributed by atoms with E-state index in [-0.39, 0.29) is 5.78 Å². The molecule has 1 aliphatic heterocycles. The Morgan fingerprint density at radius 1 is 1.26 bits per heavy atom. The molecule has 0 spiro atoms. The summed E-state index contributed by atoms with van der Waals surface area (Å²) in [6, 6.07) is 10.6. The third-order valence-electron chi connectivity index (χ3n) is 3.17. The predicted molar refractivity (Wildman–Crippen MR) is 72.8 cm³/mol. The minimum Gasteiger partial charge on any atom is -0.378 e. The second-order valence-corrected chi connectivity index (χ2v) is 4.41. The number of Topliss-reactive ketones (excluding diaryl/α,β-unsaturated/α-hetero) is 1. The van der Waals surface area contributed by atoms with Crippen LogP contribution in [-0.2, 0) is 4.74 Å². The van der Waals surface area contributed by atoms with Gasteiger partial charge in [0.2, 0.25) is 5.78 Å². The van der Waals surface area contributed by atoms with E-state index in [4.69, 9.17) is 4.74 Å². The lowest BCUT2D eigenvalue weighted by Crippen LogP contribution is -2.32. The zero-order valence-corrected chi connectivity index (χ0v) is 10.5. The maximum Gasteiger partial charge on any atom is 0.239 e. The fourth-order valence-corrected chi connectivity index (χ4v) is 2.13. The summed E-state index contributed by atoms with van der Waals surface area (Å²) in [5.74, 6) is 2.56. The zero-order valence-electron chi connectivity index (χ0n) is 10.5. The molecule has 1 aromatic carbocycles. The Morgan fingerprint density at radius 2 is 2.05 bits per heavy atom. The number of para-hydroxylation sites is 1. The second kappa shape index (κ2) is 5.17. The second-order valence-electron chi connectivity index (χ2n) is 4.41. The summed E-state index contributed by atoms with van der Waals surface area (Å²) in [6.07, 6.45) is 1.72. The minimum atomic E-state index is -0.149. The van der Waals surface area contributed by atoms with E-state index in [0.29, 0.717) is 18.8 Å². The van der Waals surface area contributed by atoms with Crippen LogP contribution in [0.5, 0.6) is 0 Å². The van der Waals surface area contributed by atoms with E-state index in [1.54, 1.807) is 6.20 Å². The van der Waals surface area contributed by atoms with Crippen LogP contribution in [0.1, 0.15) is 10.4 Å². The number of H-pyrrole nitrogens is 1. The van der Waals surface area contributed by atoms with Gasteiger partial charge in [0, 0.05) is 42.2 Å². The Hall–Kier alpha value is -2.25. The molecule has 0 aliphatic carbocycles. The van der Waals surface area contributed by atoms with Crippen molar-refractivity contribution in [3.8, 4) is 12.0 Å². The van der Waals surface area contributed by atoms with Gasteiger partial charge in [-0.05, 0) is 6.07 Å². The van der Waals surface area contributed by atoms with Crippen molar-refractivity contribution in [2.75, 3.05) is 26.3 Å². The van der Waals surface area contributed by atoms with Crippen LogP contribution in [0, 0.1) is 12.0 Å². The van der Waals surface area contributed by atoms with Gasteiger partial charge in [0.25, 0.3) is 0 Å². The van der Waals surface area contributed by atoms with Crippen molar-refractivity contribution in [2.45, 2.75) is 0 Å². The number of hydrogen-bond acceptors (Lipinski definition) is 3.